The first-order chi connectivity index (χ1) is 16.5. The Morgan fingerprint density at radius 1 is 0.971 bits per heavy atom. The summed E-state index contributed by atoms with van der Waals surface area (Å²) in [6.45, 7) is 12.6. The maximum atomic E-state index is 10.7. The molecule has 1 unspecified atom stereocenters. The Morgan fingerprint density at radius 2 is 1.51 bits per heavy atom. The normalized spacial score (nSPS) is 21.7. The van der Waals surface area contributed by atoms with E-state index in [1.807, 2.05) is 26.0 Å². The highest BCUT2D eigenvalue weighted by Gasteiger charge is 2.51. The zero-order valence-electron chi connectivity index (χ0n) is 21.8. The SMILES string of the molecule is C[C@@H](O)CC#CC(O)[C@H]1OC(C)(C)O[C@H]1CCO[Si](c1ccccc1)(c1ccccc1)C(C)(C)C. The number of hydrogen-bond acceptors (Lipinski definition) is 5. The van der Waals surface area contributed by atoms with Crippen LogP contribution in [0.3, 0.4) is 0 Å². The van der Waals surface area contributed by atoms with E-state index in [-0.39, 0.29) is 11.1 Å². The number of benzene rings is 2. The van der Waals surface area contributed by atoms with Crippen LogP contribution >= 0.6 is 0 Å². The summed E-state index contributed by atoms with van der Waals surface area (Å²) in [7, 11) is -2.65. The molecule has 0 amide bonds. The molecule has 3 rings (SSSR count). The van der Waals surface area contributed by atoms with Gasteiger partial charge in [-0.15, -0.1) is 0 Å². The first kappa shape index (κ1) is 27.6. The van der Waals surface area contributed by atoms with Gasteiger partial charge in [-0.1, -0.05) is 93.3 Å². The number of rotatable bonds is 8. The van der Waals surface area contributed by atoms with Gasteiger partial charge in [0, 0.05) is 13.0 Å². The smallest absolute Gasteiger partial charge is 0.261 e. The quantitative estimate of drug-likeness (QED) is 0.432. The molecule has 6 heteroatoms. The van der Waals surface area contributed by atoms with E-state index in [1.54, 1.807) is 6.92 Å². The van der Waals surface area contributed by atoms with E-state index in [0.717, 1.165) is 0 Å². The standard InChI is InChI=1S/C29H40O5Si/c1-22(30)14-13-19-25(31)27-26(33-29(5,6)34-27)20-21-32-35(28(2,3)4,23-15-9-7-10-16-23)24-17-11-8-12-18-24/h7-12,15-18,22,25-27,30-31H,14,20-21H2,1-6H3/t22-,25?,26+,27-/m1/s1. The number of hydrogen-bond donors (Lipinski definition) is 2. The van der Waals surface area contributed by atoms with Gasteiger partial charge in [-0.3, -0.25) is 0 Å². The molecule has 0 saturated carbocycles. The number of aliphatic hydroxyl groups excluding tert-OH is 2. The van der Waals surface area contributed by atoms with Gasteiger partial charge in [-0.25, -0.2) is 0 Å². The Balaban J connectivity index is 1.85. The molecular formula is C29H40O5Si. The highest BCUT2D eigenvalue weighted by molar-refractivity contribution is 6.99. The van der Waals surface area contributed by atoms with Crippen LogP contribution in [0.5, 0.6) is 0 Å². The summed E-state index contributed by atoms with van der Waals surface area (Å²) in [5, 5.41) is 22.5. The van der Waals surface area contributed by atoms with Crippen molar-refractivity contribution < 1.29 is 24.1 Å². The third kappa shape index (κ3) is 6.62. The van der Waals surface area contributed by atoms with Crippen molar-refractivity contribution >= 4 is 18.7 Å². The van der Waals surface area contributed by atoms with Crippen molar-refractivity contribution in [2.24, 2.45) is 0 Å². The molecule has 1 aliphatic heterocycles. The van der Waals surface area contributed by atoms with E-state index in [9.17, 15) is 10.2 Å². The van der Waals surface area contributed by atoms with Crippen molar-refractivity contribution in [2.45, 2.75) is 89.6 Å². The maximum Gasteiger partial charge on any atom is 0.261 e. The van der Waals surface area contributed by atoms with Gasteiger partial charge in [0.25, 0.3) is 8.32 Å². The molecule has 0 aromatic heterocycles. The number of aliphatic hydroxyl groups is 2. The van der Waals surface area contributed by atoms with Gasteiger partial charge in [0.2, 0.25) is 0 Å². The molecule has 2 aromatic rings. The van der Waals surface area contributed by atoms with Crippen molar-refractivity contribution in [2.75, 3.05) is 6.61 Å². The Kier molecular flexibility index (Phi) is 8.98. The molecule has 35 heavy (non-hydrogen) atoms. The van der Waals surface area contributed by atoms with Gasteiger partial charge < -0.3 is 24.1 Å². The molecule has 0 radical (unpaired) electrons. The van der Waals surface area contributed by atoms with Crippen LogP contribution in [-0.2, 0) is 13.9 Å². The fraction of sp³-hybridized carbons (Fsp3) is 0.517. The number of ether oxygens (including phenoxy) is 2. The van der Waals surface area contributed by atoms with Crippen molar-refractivity contribution in [3.8, 4) is 11.8 Å². The van der Waals surface area contributed by atoms with Crippen LogP contribution in [0.2, 0.25) is 5.04 Å². The van der Waals surface area contributed by atoms with E-state index in [0.29, 0.717) is 19.4 Å². The van der Waals surface area contributed by atoms with Crippen molar-refractivity contribution in [3.63, 3.8) is 0 Å². The van der Waals surface area contributed by atoms with Crippen LogP contribution in [-0.4, -0.2) is 55.3 Å². The summed E-state index contributed by atoms with van der Waals surface area (Å²) < 4.78 is 19.2. The summed E-state index contributed by atoms with van der Waals surface area (Å²) in [5.41, 5.74) is 0. The molecule has 0 aliphatic carbocycles. The molecule has 1 saturated heterocycles. The molecule has 0 bridgehead atoms. The third-order valence-electron chi connectivity index (χ3n) is 6.32. The molecule has 190 valence electrons. The lowest BCUT2D eigenvalue weighted by Gasteiger charge is -2.43. The third-order valence-corrected chi connectivity index (χ3v) is 11.4. The van der Waals surface area contributed by atoms with Gasteiger partial charge >= 0.3 is 0 Å². The predicted molar refractivity (Wildman–Crippen MR) is 142 cm³/mol. The Hall–Kier alpha value is -1.98. The summed E-state index contributed by atoms with van der Waals surface area (Å²) >= 11 is 0. The summed E-state index contributed by atoms with van der Waals surface area (Å²) in [6.07, 6.45) is -1.63. The van der Waals surface area contributed by atoms with Gasteiger partial charge in [0.1, 0.15) is 12.2 Å². The molecule has 1 aliphatic rings. The van der Waals surface area contributed by atoms with Crippen LogP contribution in [0, 0.1) is 11.8 Å². The average Bonchev–Trinajstić information content (AvgIpc) is 3.11. The minimum atomic E-state index is -2.65. The van der Waals surface area contributed by atoms with E-state index < -0.39 is 32.4 Å². The minimum absolute atomic E-state index is 0.118. The van der Waals surface area contributed by atoms with Crippen LogP contribution in [0.4, 0.5) is 0 Å². The van der Waals surface area contributed by atoms with E-state index in [2.05, 4.69) is 81.1 Å². The van der Waals surface area contributed by atoms with Gasteiger partial charge in [-0.05, 0) is 42.6 Å². The van der Waals surface area contributed by atoms with E-state index in [1.165, 1.54) is 10.4 Å². The fourth-order valence-corrected chi connectivity index (χ4v) is 9.42. The van der Waals surface area contributed by atoms with Crippen molar-refractivity contribution in [1.82, 2.24) is 0 Å². The van der Waals surface area contributed by atoms with E-state index >= 15 is 0 Å². The molecule has 1 fully saturated rings. The summed E-state index contributed by atoms with van der Waals surface area (Å²) in [5.74, 6) is 4.84. The summed E-state index contributed by atoms with van der Waals surface area (Å²) in [6, 6.07) is 21.1. The lowest BCUT2D eigenvalue weighted by molar-refractivity contribution is -0.152. The Labute approximate surface area is 211 Å². The molecule has 2 aromatic carbocycles. The van der Waals surface area contributed by atoms with Crippen LogP contribution in [0.1, 0.15) is 54.4 Å². The first-order valence-corrected chi connectivity index (χ1v) is 14.3. The molecule has 4 atom stereocenters. The van der Waals surface area contributed by atoms with Crippen LogP contribution < -0.4 is 10.4 Å². The summed E-state index contributed by atoms with van der Waals surface area (Å²) in [4.78, 5) is 0. The molecule has 0 spiro atoms. The lowest BCUT2D eigenvalue weighted by atomic mass is 10.1. The van der Waals surface area contributed by atoms with Crippen LogP contribution in [0.25, 0.3) is 0 Å². The highest BCUT2D eigenvalue weighted by atomic mass is 28.4. The molecular weight excluding hydrogens is 456 g/mol. The van der Waals surface area contributed by atoms with Gasteiger partial charge in [0.15, 0.2) is 5.79 Å². The second-order valence-electron chi connectivity index (χ2n) is 10.8. The molecule has 1 heterocycles. The minimum Gasteiger partial charge on any atom is -0.407 e. The Morgan fingerprint density at radius 3 is 2.00 bits per heavy atom. The second-order valence-corrected chi connectivity index (χ2v) is 15.1. The first-order valence-electron chi connectivity index (χ1n) is 12.4. The second kappa shape index (κ2) is 11.4. The highest BCUT2D eigenvalue weighted by Crippen LogP contribution is 2.38. The van der Waals surface area contributed by atoms with Crippen molar-refractivity contribution in [1.29, 1.82) is 0 Å². The largest absolute Gasteiger partial charge is 0.407 e. The van der Waals surface area contributed by atoms with Gasteiger partial charge in [-0.2, -0.15) is 0 Å². The predicted octanol–water partition coefficient (Wildman–Crippen LogP) is 3.61. The molecule has 2 N–H and O–H groups in total. The fourth-order valence-electron chi connectivity index (χ4n) is 4.84. The van der Waals surface area contributed by atoms with E-state index in [4.69, 9.17) is 13.9 Å². The van der Waals surface area contributed by atoms with Gasteiger partial charge in [0.05, 0.1) is 12.2 Å². The average molecular weight is 497 g/mol. The topological polar surface area (TPSA) is 68.2 Å². The zero-order valence-corrected chi connectivity index (χ0v) is 22.8. The monoisotopic (exact) mass is 496 g/mol. The van der Waals surface area contributed by atoms with Crippen LogP contribution in [0.15, 0.2) is 60.7 Å². The zero-order chi connectivity index (χ0) is 25.7. The van der Waals surface area contributed by atoms with Crippen molar-refractivity contribution in [3.05, 3.63) is 60.7 Å². The maximum absolute atomic E-state index is 10.7. The lowest BCUT2D eigenvalue weighted by Crippen LogP contribution is -2.66. The molecule has 5 nitrogen and oxygen atoms in total. The Bertz CT molecular complexity index is 949.